The number of carbonyl (C=O) groups is 3. The first-order valence-corrected chi connectivity index (χ1v) is 12.4. The molecule has 3 aliphatic rings. The van der Waals surface area contributed by atoms with Crippen LogP contribution >= 0.6 is 23.1 Å². The van der Waals surface area contributed by atoms with Crippen molar-refractivity contribution in [2.75, 3.05) is 5.32 Å². The number of fused-ring (bicyclic) bond motifs is 2. The topological polar surface area (TPSA) is 246 Å². The number of thioether (sulfide) groups is 1. The average Bonchev–Trinajstić information content (AvgIpc) is 2.83. The summed E-state index contributed by atoms with van der Waals surface area (Å²) in [5.74, 6) is -4.85. The number of benzene rings is 2. The fourth-order valence-electron chi connectivity index (χ4n) is 3.72. The van der Waals surface area contributed by atoms with Crippen molar-refractivity contribution < 1.29 is 39.9 Å². The van der Waals surface area contributed by atoms with E-state index < -0.39 is 41.3 Å². The molecule has 2 heterocycles. The fraction of sp³-hybridized carbons (Fsp3) is 0.174. The van der Waals surface area contributed by atoms with E-state index in [2.05, 4.69) is 10.3 Å². The van der Waals surface area contributed by atoms with E-state index in [1.807, 2.05) is 0 Å². The Morgan fingerprint density at radius 2 is 1.55 bits per heavy atom. The van der Waals surface area contributed by atoms with Crippen LogP contribution in [0.3, 0.4) is 0 Å². The lowest BCUT2D eigenvalue weighted by atomic mass is 10.0. The Morgan fingerprint density at radius 1 is 0.947 bits per heavy atom. The van der Waals surface area contributed by atoms with Crippen LogP contribution in [-0.2, 0) is 27.2 Å². The molecule has 4 rings (SSSR count). The van der Waals surface area contributed by atoms with Gasteiger partial charge in [0.25, 0.3) is 0 Å². The number of carboxylic acid groups (broad SMARTS) is 3. The number of phenols is 1. The van der Waals surface area contributed by atoms with Gasteiger partial charge in [0, 0.05) is 4.90 Å². The number of phenolic OH excluding ortho intramolecular Hbond substituents is 1. The quantitative estimate of drug-likeness (QED) is 0.178. The third-order valence-corrected chi connectivity index (χ3v) is 7.93. The minimum absolute atomic E-state index is 0.00994. The maximum absolute atomic E-state index is 12.6. The zero-order valence-corrected chi connectivity index (χ0v) is 20.8. The second kappa shape index (κ2) is 10.3. The van der Waals surface area contributed by atoms with E-state index in [0.717, 1.165) is 23.1 Å². The first-order chi connectivity index (χ1) is 17.8. The molecule has 0 fully saturated rings. The van der Waals surface area contributed by atoms with Crippen LogP contribution in [-0.4, -0.2) is 60.5 Å². The maximum atomic E-state index is 12.6. The smallest absolute Gasteiger partial charge is 0.353 e. The van der Waals surface area contributed by atoms with Gasteiger partial charge < -0.3 is 42.3 Å². The zero-order valence-electron chi connectivity index (χ0n) is 19.2. The van der Waals surface area contributed by atoms with Gasteiger partial charge in [0.2, 0.25) is 11.3 Å². The number of anilines is 1. The molecule has 1 aromatic rings. The van der Waals surface area contributed by atoms with Gasteiger partial charge in [-0.3, -0.25) is 14.4 Å². The Morgan fingerprint density at radius 3 is 2.13 bits per heavy atom. The maximum Gasteiger partial charge on any atom is 0.353 e. The first-order valence-electron chi connectivity index (χ1n) is 10.8. The molecule has 0 bridgehead atoms. The highest BCUT2D eigenvalue weighted by molar-refractivity contribution is 8.08. The highest BCUT2D eigenvalue weighted by Gasteiger charge is 2.31. The van der Waals surface area contributed by atoms with Crippen molar-refractivity contribution in [3.63, 3.8) is 0 Å². The number of rotatable bonds is 8. The van der Waals surface area contributed by atoms with Gasteiger partial charge >= 0.3 is 17.9 Å². The van der Waals surface area contributed by atoms with Crippen LogP contribution in [0.1, 0.15) is 16.0 Å². The van der Waals surface area contributed by atoms with Crippen molar-refractivity contribution in [3.05, 3.63) is 56.2 Å². The predicted octanol–water partition coefficient (Wildman–Crippen LogP) is 0.899. The largest absolute Gasteiger partial charge is 0.506 e. The normalized spacial score (nSPS) is 14.5. The molecule has 0 saturated heterocycles. The summed E-state index contributed by atoms with van der Waals surface area (Å²) in [6.07, 6.45) is -0.253. The van der Waals surface area contributed by atoms with Gasteiger partial charge in [-0.2, -0.15) is 0 Å². The van der Waals surface area contributed by atoms with Crippen LogP contribution in [0, 0.1) is 0 Å². The van der Waals surface area contributed by atoms with Crippen LogP contribution in [0.5, 0.6) is 11.6 Å². The van der Waals surface area contributed by atoms with Crippen molar-refractivity contribution in [2.45, 2.75) is 29.8 Å². The van der Waals surface area contributed by atoms with E-state index >= 15 is 0 Å². The lowest BCUT2D eigenvalue weighted by molar-refractivity contribution is -0.139. The van der Waals surface area contributed by atoms with Crippen LogP contribution < -0.4 is 22.2 Å². The zero-order chi connectivity index (χ0) is 27.9. The van der Waals surface area contributed by atoms with Gasteiger partial charge in [-0.15, -0.1) is 11.3 Å². The van der Waals surface area contributed by atoms with E-state index in [1.54, 1.807) is 0 Å². The summed E-state index contributed by atoms with van der Waals surface area (Å²) >= 11 is 1.74. The lowest BCUT2D eigenvalue weighted by Crippen LogP contribution is -2.32. The SMILES string of the molecule is N[C@@H](Cc1cc(O)c2c(c1)SC(c1sc3cc(C[C@H](N)C(=O)O)cc(=O)c-3nc1O)=C(C(=O)O)N2)C(=O)O. The van der Waals surface area contributed by atoms with Gasteiger partial charge in [-0.25, -0.2) is 9.78 Å². The summed E-state index contributed by atoms with van der Waals surface area (Å²) in [7, 11) is 0. The van der Waals surface area contributed by atoms with Gasteiger partial charge in [-0.1, -0.05) is 11.8 Å². The summed E-state index contributed by atoms with van der Waals surface area (Å²) in [6, 6.07) is 2.98. The molecule has 198 valence electrons. The molecule has 0 unspecified atom stereocenters. The van der Waals surface area contributed by atoms with Crippen molar-refractivity contribution in [1.29, 1.82) is 0 Å². The highest BCUT2D eigenvalue weighted by atomic mass is 32.2. The Bertz CT molecular complexity index is 1550. The Kier molecular flexibility index (Phi) is 7.28. The first kappa shape index (κ1) is 26.9. The van der Waals surface area contributed by atoms with E-state index in [1.165, 1.54) is 24.3 Å². The Balaban J connectivity index is 1.82. The predicted molar refractivity (Wildman–Crippen MR) is 137 cm³/mol. The van der Waals surface area contributed by atoms with Crippen LogP contribution in [0.4, 0.5) is 5.69 Å². The monoisotopic (exact) mass is 560 g/mol. The third-order valence-electron chi connectivity index (χ3n) is 5.53. The number of nitrogens with one attached hydrogen (secondary N) is 1. The van der Waals surface area contributed by atoms with Crippen LogP contribution in [0.25, 0.3) is 15.5 Å². The summed E-state index contributed by atoms with van der Waals surface area (Å²) in [6.45, 7) is 0. The Labute approximate surface area is 221 Å². The summed E-state index contributed by atoms with van der Waals surface area (Å²) in [4.78, 5) is 51.5. The molecule has 15 heteroatoms. The lowest BCUT2D eigenvalue weighted by Gasteiger charge is -2.24. The molecule has 1 aromatic carbocycles. The van der Waals surface area contributed by atoms with E-state index in [4.69, 9.17) is 21.7 Å². The number of nitrogens with zero attached hydrogens (tertiary/aromatic N) is 1. The molecule has 10 N–H and O–H groups in total. The van der Waals surface area contributed by atoms with Crippen molar-refractivity contribution in [1.82, 2.24) is 4.98 Å². The molecule has 2 atom stereocenters. The molecule has 2 aliphatic heterocycles. The second-order valence-electron chi connectivity index (χ2n) is 8.33. The third kappa shape index (κ3) is 5.26. The van der Waals surface area contributed by atoms with Gasteiger partial charge in [0.15, 0.2) is 0 Å². The van der Waals surface area contributed by atoms with Crippen molar-refractivity contribution in [2.24, 2.45) is 11.5 Å². The van der Waals surface area contributed by atoms with Gasteiger partial charge in [0.05, 0.1) is 15.5 Å². The standard InChI is InChI=1S/C23H20N4O9S2/c24-9(21(31)32)1-7-3-11(28)15-13(5-7)37-18(17(26-15)23(35)36)19-20(30)27-16-12(29)4-8(6-14(16)38-19)2-10(25)22(33)34/h3-6,9-10,26,28,30H,1-2,24-25H2,(H,31,32)(H,33,34)(H,35,36)/t9-,10-/m0/s1. The summed E-state index contributed by atoms with van der Waals surface area (Å²) < 4.78 is 0. The molecule has 0 amide bonds. The molecular weight excluding hydrogens is 540 g/mol. The second-order valence-corrected chi connectivity index (χ2v) is 10.4. The summed E-state index contributed by atoms with van der Waals surface area (Å²) in [5.41, 5.74) is 10.9. The van der Waals surface area contributed by atoms with E-state index in [0.29, 0.717) is 16.0 Å². The molecule has 1 aliphatic carbocycles. The summed E-state index contributed by atoms with van der Waals surface area (Å²) in [5, 5.41) is 51.8. The molecule has 0 saturated carbocycles. The fourth-order valence-corrected chi connectivity index (χ4v) is 6.09. The number of nitrogens with two attached hydrogens (primary N) is 2. The molecule has 13 nitrogen and oxygen atoms in total. The van der Waals surface area contributed by atoms with Crippen LogP contribution in [0.15, 0.2) is 39.7 Å². The van der Waals surface area contributed by atoms with E-state index in [-0.39, 0.29) is 50.3 Å². The Hall–Kier alpha value is -4.18. The minimum atomic E-state index is -1.41. The number of aromatic nitrogens is 1. The number of hydrogen-bond acceptors (Lipinski definition) is 12. The number of hydrogen-bond donors (Lipinski definition) is 8. The number of aliphatic carboxylic acids is 3. The highest BCUT2D eigenvalue weighted by Crippen LogP contribution is 2.51. The van der Waals surface area contributed by atoms with E-state index in [9.17, 15) is 34.5 Å². The number of carboxylic acids is 3. The van der Waals surface area contributed by atoms with Gasteiger partial charge in [-0.05, 0) is 48.2 Å². The molecule has 0 radical (unpaired) electrons. The van der Waals surface area contributed by atoms with Gasteiger partial charge in [0.1, 0.15) is 34.1 Å². The van der Waals surface area contributed by atoms with Crippen molar-refractivity contribution >= 4 is 51.6 Å². The van der Waals surface area contributed by atoms with Crippen molar-refractivity contribution in [3.8, 4) is 22.2 Å². The molecule has 38 heavy (non-hydrogen) atoms. The number of aromatic hydroxyl groups is 2. The average molecular weight is 561 g/mol. The molecule has 0 spiro atoms. The van der Waals surface area contributed by atoms with Crippen LogP contribution in [0.2, 0.25) is 0 Å². The molecular formula is C23H20N4O9S2. The minimum Gasteiger partial charge on any atom is -0.506 e. The molecule has 0 aromatic heterocycles.